The van der Waals surface area contributed by atoms with Crippen molar-refractivity contribution in [3.8, 4) is 0 Å². The van der Waals surface area contributed by atoms with Crippen molar-refractivity contribution in [2.75, 3.05) is 13.1 Å². The van der Waals surface area contributed by atoms with Crippen molar-refractivity contribution in [2.45, 2.75) is 19.9 Å². The van der Waals surface area contributed by atoms with Crippen molar-refractivity contribution in [3.05, 3.63) is 53.1 Å². The predicted molar refractivity (Wildman–Crippen MR) is 91.2 cm³/mol. The van der Waals surface area contributed by atoms with Gasteiger partial charge in [0.1, 0.15) is 5.15 Å². The number of hydrogen-bond donors (Lipinski definition) is 2. The minimum Gasteiger partial charge on any atom is -0.357 e. The second kappa shape index (κ2) is 8.44. The van der Waals surface area contributed by atoms with Crippen molar-refractivity contribution in [1.29, 1.82) is 0 Å². The molecule has 0 aliphatic heterocycles. The number of nitrogens with zero attached hydrogens (tertiary/aromatic N) is 3. The molecule has 2 aromatic rings. The molecule has 0 amide bonds. The van der Waals surface area contributed by atoms with Crippen molar-refractivity contribution in [1.82, 2.24) is 20.2 Å². The second-order valence-corrected chi connectivity index (χ2v) is 5.43. The SMILES string of the molecule is CCNC(=NCc1ccn(C)c1)NCCc1ccc(Cl)nc1. The number of pyridine rings is 1. The third-order valence-electron chi connectivity index (χ3n) is 3.15. The zero-order valence-electron chi connectivity index (χ0n) is 13.0. The van der Waals surface area contributed by atoms with E-state index in [9.17, 15) is 0 Å². The van der Waals surface area contributed by atoms with Crippen LogP contribution in [0.4, 0.5) is 0 Å². The van der Waals surface area contributed by atoms with Gasteiger partial charge in [-0.05, 0) is 36.6 Å². The molecule has 5 nitrogen and oxygen atoms in total. The molecule has 2 N–H and O–H groups in total. The number of guanidine groups is 1. The number of aliphatic imine (C=N–C) groups is 1. The normalized spacial score (nSPS) is 11.5. The Bertz CT molecular complexity index is 603. The van der Waals surface area contributed by atoms with Crippen LogP contribution in [0.25, 0.3) is 0 Å². The number of rotatable bonds is 6. The van der Waals surface area contributed by atoms with Gasteiger partial charge in [0.25, 0.3) is 0 Å². The molecule has 0 aliphatic carbocycles. The number of halogens is 1. The average molecular weight is 320 g/mol. The van der Waals surface area contributed by atoms with E-state index in [4.69, 9.17) is 11.6 Å². The predicted octanol–water partition coefficient (Wildman–Crippen LogP) is 2.37. The molecule has 0 spiro atoms. The lowest BCUT2D eigenvalue weighted by atomic mass is 10.2. The Morgan fingerprint density at radius 2 is 2.14 bits per heavy atom. The summed E-state index contributed by atoms with van der Waals surface area (Å²) in [4.78, 5) is 8.67. The van der Waals surface area contributed by atoms with Crippen molar-refractivity contribution in [2.24, 2.45) is 12.0 Å². The van der Waals surface area contributed by atoms with Gasteiger partial charge in [0, 0.05) is 38.7 Å². The van der Waals surface area contributed by atoms with E-state index in [-0.39, 0.29) is 0 Å². The summed E-state index contributed by atoms with van der Waals surface area (Å²) in [5.41, 5.74) is 2.34. The van der Waals surface area contributed by atoms with E-state index in [2.05, 4.69) is 39.8 Å². The summed E-state index contributed by atoms with van der Waals surface area (Å²) in [6, 6.07) is 5.88. The van der Waals surface area contributed by atoms with Crippen LogP contribution in [0.15, 0.2) is 41.8 Å². The highest BCUT2D eigenvalue weighted by Gasteiger charge is 1.99. The van der Waals surface area contributed by atoms with Gasteiger partial charge in [-0.15, -0.1) is 0 Å². The van der Waals surface area contributed by atoms with E-state index in [1.807, 2.05) is 29.9 Å². The van der Waals surface area contributed by atoms with E-state index in [1.165, 1.54) is 5.56 Å². The molecule has 0 saturated carbocycles. The second-order valence-electron chi connectivity index (χ2n) is 5.05. The summed E-state index contributed by atoms with van der Waals surface area (Å²) in [5.74, 6) is 0.827. The highest BCUT2D eigenvalue weighted by atomic mass is 35.5. The molecule has 0 saturated heterocycles. The van der Waals surface area contributed by atoms with Gasteiger partial charge >= 0.3 is 0 Å². The molecule has 0 unspecified atom stereocenters. The van der Waals surface area contributed by atoms with Crippen LogP contribution < -0.4 is 10.6 Å². The van der Waals surface area contributed by atoms with Gasteiger partial charge in [0.15, 0.2) is 5.96 Å². The molecule has 2 heterocycles. The van der Waals surface area contributed by atoms with Gasteiger partial charge in [-0.1, -0.05) is 17.7 Å². The molecule has 118 valence electrons. The first-order chi connectivity index (χ1) is 10.7. The molecule has 2 rings (SSSR count). The molecule has 22 heavy (non-hydrogen) atoms. The largest absolute Gasteiger partial charge is 0.357 e. The third kappa shape index (κ3) is 5.41. The molecule has 0 aliphatic rings. The smallest absolute Gasteiger partial charge is 0.191 e. The highest BCUT2D eigenvalue weighted by molar-refractivity contribution is 6.29. The van der Waals surface area contributed by atoms with Gasteiger partial charge in [-0.25, -0.2) is 9.98 Å². The third-order valence-corrected chi connectivity index (χ3v) is 3.38. The molecule has 6 heteroatoms. The zero-order chi connectivity index (χ0) is 15.8. The van der Waals surface area contributed by atoms with Crippen LogP contribution in [0.3, 0.4) is 0 Å². The van der Waals surface area contributed by atoms with Crippen molar-refractivity contribution in [3.63, 3.8) is 0 Å². The molecular formula is C16H22ClN5. The van der Waals surface area contributed by atoms with E-state index in [0.29, 0.717) is 11.7 Å². The Balaban J connectivity index is 1.84. The monoisotopic (exact) mass is 319 g/mol. The average Bonchev–Trinajstić information content (AvgIpc) is 2.92. The number of nitrogens with one attached hydrogen (secondary N) is 2. The van der Waals surface area contributed by atoms with Crippen LogP contribution in [0.5, 0.6) is 0 Å². The Morgan fingerprint density at radius 3 is 2.77 bits per heavy atom. The minimum atomic E-state index is 0.523. The van der Waals surface area contributed by atoms with E-state index in [0.717, 1.165) is 31.0 Å². The number of aryl methyl sites for hydroxylation is 1. The molecule has 0 fully saturated rings. The fraction of sp³-hybridized carbons (Fsp3) is 0.375. The zero-order valence-corrected chi connectivity index (χ0v) is 13.8. The van der Waals surface area contributed by atoms with Crippen molar-refractivity contribution >= 4 is 17.6 Å². The maximum atomic E-state index is 5.78. The first-order valence-electron chi connectivity index (χ1n) is 7.41. The lowest BCUT2D eigenvalue weighted by molar-refractivity contribution is 0.797. The van der Waals surface area contributed by atoms with E-state index in [1.54, 1.807) is 6.20 Å². The Labute approximate surface area is 136 Å². The molecule has 0 atom stereocenters. The topological polar surface area (TPSA) is 54.2 Å². The maximum Gasteiger partial charge on any atom is 0.191 e. The Hall–Kier alpha value is -2.01. The standard InChI is InChI=1S/C16H22ClN5/c1-3-18-16(21-11-14-7-9-22(2)12-14)19-8-6-13-4-5-15(17)20-10-13/h4-5,7,9-10,12H,3,6,8,11H2,1-2H3,(H2,18,19,21). The fourth-order valence-corrected chi connectivity index (χ4v) is 2.16. The van der Waals surface area contributed by atoms with Crippen LogP contribution in [0.2, 0.25) is 5.15 Å². The summed E-state index contributed by atoms with van der Waals surface area (Å²) in [6.07, 6.45) is 6.78. The van der Waals surface area contributed by atoms with Crippen LogP contribution in [-0.4, -0.2) is 28.6 Å². The molecule has 2 aromatic heterocycles. The van der Waals surface area contributed by atoms with Gasteiger partial charge in [0.2, 0.25) is 0 Å². The minimum absolute atomic E-state index is 0.523. The first-order valence-corrected chi connectivity index (χ1v) is 7.78. The van der Waals surface area contributed by atoms with E-state index >= 15 is 0 Å². The maximum absolute atomic E-state index is 5.78. The first kappa shape index (κ1) is 16.4. The van der Waals surface area contributed by atoms with E-state index < -0.39 is 0 Å². The summed E-state index contributed by atoms with van der Waals surface area (Å²) in [6.45, 7) is 4.36. The Kier molecular flexibility index (Phi) is 6.27. The van der Waals surface area contributed by atoms with Crippen LogP contribution >= 0.6 is 11.6 Å². The summed E-state index contributed by atoms with van der Waals surface area (Å²) < 4.78 is 2.03. The number of aromatic nitrogens is 2. The fourth-order valence-electron chi connectivity index (χ4n) is 2.05. The summed E-state index contributed by atoms with van der Waals surface area (Å²) in [7, 11) is 2.01. The van der Waals surface area contributed by atoms with Crippen LogP contribution in [0.1, 0.15) is 18.1 Å². The summed E-state index contributed by atoms with van der Waals surface area (Å²) in [5, 5.41) is 7.11. The summed E-state index contributed by atoms with van der Waals surface area (Å²) >= 11 is 5.78. The van der Waals surface area contributed by atoms with Gasteiger partial charge in [0.05, 0.1) is 6.54 Å². The molecule has 0 bridgehead atoms. The quantitative estimate of drug-likeness (QED) is 0.488. The van der Waals surface area contributed by atoms with Gasteiger partial charge in [-0.3, -0.25) is 0 Å². The highest BCUT2D eigenvalue weighted by Crippen LogP contribution is 2.05. The van der Waals surface area contributed by atoms with Crippen molar-refractivity contribution < 1.29 is 0 Å². The van der Waals surface area contributed by atoms with Crippen LogP contribution in [-0.2, 0) is 20.0 Å². The molecule has 0 aromatic carbocycles. The molecular weight excluding hydrogens is 298 g/mol. The lowest BCUT2D eigenvalue weighted by Crippen LogP contribution is -2.38. The molecule has 0 radical (unpaired) electrons. The van der Waals surface area contributed by atoms with Gasteiger partial charge in [-0.2, -0.15) is 0 Å². The Morgan fingerprint density at radius 1 is 1.27 bits per heavy atom. The van der Waals surface area contributed by atoms with Gasteiger partial charge < -0.3 is 15.2 Å². The number of hydrogen-bond acceptors (Lipinski definition) is 2. The van der Waals surface area contributed by atoms with Crippen LogP contribution in [0, 0.1) is 0 Å². The lowest BCUT2D eigenvalue weighted by Gasteiger charge is -2.11.